The van der Waals surface area contributed by atoms with E-state index in [9.17, 15) is 9.59 Å². The van der Waals surface area contributed by atoms with E-state index in [1.54, 1.807) is 60.7 Å². The highest BCUT2D eigenvalue weighted by molar-refractivity contribution is 5.94. The predicted octanol–water partition coefficient (Wildman–Crippen LogP) is 1.78. The van der Waals surface area contributed by atoms with Gasteiger partial charge in [0.05, 0.1) is 17.4 Å². The first-order valence-corrected chi connectivity index (χ1v) is 8.30. The molecule has 4 aromatic rings. The minimum atomic E-state index is -0.217. The highest BCUT2D eigenvalue weighted by Crippen LogP contribution is 2.13. The van der Waals surface area contributed by atoms with Crippen LogP contribution in [-0.4, -0.2) is 42.6 Å². The van der Waals surface area contributed by atoms with E-state index in [1.165, 1.54) is 4.90 Å². The molecule has 1 N–H and O–H groups in total. The lowest BCUT2D eigenvalue weighted by atomic mass is 10.1. The summed E-state index contributed by atoms with van der Waals surface area (Å²) >= 11 is 0. The van der Waals surface area contributed by atoms with Crippen molar-refractivity contribution >= 4 is 16.8 Å². The molecule has 2 aromatic carbocycles. The van der Waals surface area contributed by atoms with Crippen LogP contribution in [0.15, 0.2) is 66.0 Å². The summed E-state index contributed by atoms with van der Waals surface area (Å²) in [5.41, 5.74) is 1.70. The van der Waals surface area contributed by atoms with Crippen molar-refractivity contribution in [1.29, 1.82) is 0 Å². The zero-order valence-corrected chi connectivity index (χ0v) is 14.5. The second kappa shape index (κ2) is 6.83. The number of carbonyl (C=O) groups excluding carboxylic acids is 1. The molecule has 0 bridgehead atoms. The molecule has 2 aromatic heterocycles. The van der Waals surface area contributed by atoms with Gasteiger partial charge in [0.25, 0.3) is 11.5 Å². The van der Waals surface area contributed by atoms with Gasteiger partial charge in [0.2, 0.25) is 0 Å². The fraction of sp³-hybridized carbons (Fsp3) is 0.105. The third-order valence-corrected chi connectivity index (χ3v) is 4.21. The standard InChI is InChI=1S/C19H16N6O2/c1-24(10-17-22-16-8-3-2-7-15(16)18(26)23-17)19(27)13-5-4-6-14(9-13)25-11-20-21-12-25/h2-9,11-12H,10H2,1H3,(H,22,23,26). The van der Waals surface area contributed by atoms with E-state index in [0.29, 0.717) is 22.3 Å². The Morgan fingerprint density at radius 3 is 2.70 bits per heavy atom. The Kier molecular flexibility index (Phi) is 4.21. The number of hydrogen-bond acceptors (Lipinski definition) is 5. The molecule has 0 unspecified atom stereocenters. The first kappa shape index (κ1) is 16.6. The van der Waals surface area contributed by atoms with E-state index in [4.69, 9.17) is 0 Å². The van der Waals surface area contributed by atoms with Gasteiger partial charge >= 0.3 is 0 Å². The van der Waals surface area contributed by atoms with Gasteiger partial charge in [0, 0.05) is 18.3 Å². The van der Waals surface area contributed by atoms with Gasteiger partial charge < -0.3 is 9.88 Å². The number of rotatable bonds is 4. The Bertz CT molecular complexity index is 1170. The van der Waals surface area contributed by atoms with Crippen molar-refractivity contribution < 1.29 is 4.79 Å². The van der Waals surface area contributed by atoms with Crippen molar-refractivity contribution in [2.75, 3.05) is 7.05 Å². The van der Waals surface area contributed by atoms with Crippen LogP contribution in [0.2, 0.25) is 0 Å². The van der Waals surface area contributed by atoms with E-state index in [1.807, 2.05) is 12.1 Å². The maximum absolute atomic E-state index is 12.8. The monoisotopic (exact) mass is 360 g/mol. The van der Waals surface area contributed by atoms with Gasteiger partial charge in [-0.15, -0.1) is 10.2 Å². The number of hydrogen-bond donors (Lipinski definition) is 1. The molecule has 0 fully saturated rings. The lowest BCUT2D eigenvalue weighted by molar-refractivity contribution is 0.0781. The van der Waals surface area contributed by atoms with Crippen LogP contribution in [0.25, 0.3) is 16.6 Å². The van der Waals surface area contributed by atoms with E-state index in [2.05, 4.69) is 20.2 Å². The van der Waals surface area contributed by atoms with Crippen molar-refractivity contribution in [3.8, 4) is 5.69 Å². The number of aromatic amines is 1. The number of carbonyl (C=O) groups is 1. The smallest absolute Gasteiger partial charge is 0.258 e. The Labute approximate surface area is 154 Å². The number of nitrogens with one attached hydrogen (secondary N) is 1. The zero-order chi connectivity index (χ0) is 18.8. The molecular formula is C19H16N6O2. The molecule has 8 heteroatoms. The van der Waals surface area contributed by atoms with Crippen LogP contribution in [0, 0.1) is 0 Å². The number of amides is 1. The summed E-state index contributed by atoms with van der Waals surface area (Å²) in [4.78, 5) is 33.7. The molecule has 0 aliphatic rings. The molecule has 8 nitrogen and oxygen atoms in total. The second-order valence-electron chi connectivity index (χ2n) is 6.11. The number of fused-ring (bicyclic) bond motifs is 1. The van der Waals surface area contributed by atoms with Gasteiger partial charge in [-0.05, 0) is 30.3 Å². The minimum absolute atomic E-state index is 0.180. The van der Waals surface area contributed by atoms with Gasteiger partial charge in [0.15, 0.2) is 0 Å². The van der Waals surface area contributed by atoms with Crippen LogP contribution in [0.4, 0.5) is 0 Å². The van der Waals surface area contributed by atoms with Gasteiger partial charge in [0.1, 0.15) is 18.5 Å². The Morgan fingerprint density at radius 1 is 1.11 bits per heavy atom. The van der Waals surface area contributed by atoms with E-state index < -0.39 is 0 Å². The highest BCUT2D eigenvalue weighted by Gasteiger charge is 2.14. The quantitative estimate of drug-likeness (QED) is 0.598. The van der Waals surface area contributed by atoms with Gasteiger partial charge in [-0.2, -0.15) is 0 Å². The Balaban J connectivity index is 1.58. The summed E-state index contributed by atoms with van der Waals surface area (Å²) < 4.78 is 1.72. The molecule has 0 saturated heterocycles. The SMILES string of the molecule is CN(Cc1nc2ccccc2c(=O)[nH]1)C(=O)c1cccc(-n2cnnc2)c1. The summed E-state index contributed by atoms with van der Waals surface area (Å²) in [5.74, 6) is 0.255. The molecule has 134 valence electrons. The van der Waals surface area contributed by atoms with Crippen LogP contribution >= 0.6 is 0 Å². The molecule has 0 radical (unpaired) electrons. The van der Waals surface area contributed by atoms with Crippen LogP contribution < -0.4 is 5.56 Å². The van der Waals surface area contributed by atoms with Crippen molar-refractivity contribution in [2.24, 2.45) is 0 Å². The molecule has 0 aliphatic heterocycles. The van der Waals surface area contributed by atoms with Crippen molar-refractivity contribution in [3.63, 3.8) is 0 Å². The van der Waals surface area contributed by atoms with Crippen LogP contribution in [0.5, 0.6) is 0 Å². The van der Waals surface area contributed by atoms with E-state index in [-0.39, 0.29) is 18.0 Å². The number of benzene rings is 2. The molecular weight excluding hydrogens is 344 g/mol. The van der Waals surface area contributed by atoms with Crippen LogP contribution in [0.1, 0.15) is 16.2 Å². The minimum Gasteiger partial charge on any atom is -0.334 e. The third kappa shape index (κ3) is 3.32. The summed E-state index contributed by atoms with van der Waals surface area (Å²) in [6.07, 6.45) is 3.13. The molecule has 0 aliphatic carbocycles. The number of H-pyrrole nitrogens is 1. The summed E-state index contributed by atoms with van der Waals surface area (Å²) in [5, 5.41) is 8.07. The zero-order valence-electron chi connectivity index (χ0n) is 14.5. The maximum atomic E-state index is 12.8. The fourth-order valence-corrected chi connectivity index (χ4v) is 2.86. The molecule has 4 rings (SSSR count). The number of aromatic nitrogens is 5. The largest absolute Gasteiger partial charge is 0.334 e. The van der Waals surface area contributed by atoms with E-state index in [0.717, 1.165) is 5.69 Å². The average molecular weight is 360 g/mol. The summed E-state index contributed by atoms with van der Waals surface area (Å²) in [6, 6.07) is 14.3. The van der Waals surface area contributed by atoms with Crippen molar-refractivity contribution in [2.45, 2.75) is 6.54 Å². The highest BCUT2D eigenvalue weighted by atomic mass is 16.2. The molecule has 0 spiro atoms. The fourth-order valence-electron chi connectivity index (χ4n) is 2.86. The normalized spacial score (nSPS) is 10.9. The van der Waals surface area contributed by atoms with E-state index >= 15 is 0 Å². The average Bonchev–Trinajstić information content (AvgIpc) is 3.22. The summed E-state index contributed by atoms with van der Waals surface area (Å²) in [6.45, 7) is 0.190. The molecule has 2 heterocycles. The topological polar surface area (TPSA) is 96.8 Å². The second-order valence-corrected chi connectivity index (χ2v) is 6.11. The van der Waals surface area contributed by atoms with Gasteiger partial charge in [-0.1, -0.05) is 18.2 Å². The van der Waals surface area contributed by atoms with Crippen molar-refractivity contribution in [1.82, 2.24) is 29.6 Å². The van der Waals surface area contributed by atoms with Crippen LogP contribution in [-0.2, 0) is 6.54 Å². The number of nitrogens with zero attached hydrogens (tertiary/aromatic N) is 5. The maximum Gasteiger partial charge on any atom is 0.258 e. The first-order chi connectivity index (χ1) is 13.1. The van der Waals surface area contributed by atoms with Crippen molar-refractivity contribution in [3.05, 3.63) is 82.9 Å². The molecule has 0 atom stereocenters. The lowest BCUT2D eigenvalue weighted by Gasteiger charge is -2.17. The predicted molar refractivity (Wildman–Crippen MR) is 99.5 cm³/mol. The Hall–Kier alpha value is -3.81. The number of para-hydroxylation sites is 1. The van der Waals surface area contributed by atoms with Gasteiger partial charge in [-0.25, -0.2) is 4.98 Å². The summed E-state index contributed by atoms with van der Waals surface area (Å²) in [7, 11) is 1.67. The first-order valence-electron chi connectivity index (χ1n) is 8.30. The third-order valence-electron chi connectivity index (χ3n) is 4.21. The Morgan fingerprint density at radius 2 is 1.89 bits per heavy atom. The molecule has 1 amide bonds. The lowest BCUT2D eigenvalue weighted by Crippen LogP contribution is -2.28. The molecule has 0 saturated carbocycles. The molecule has 27 heavy (non-hydrogen) atoms. The van der Waals surface area contributed by atoms with Crippen LogP contribution in [0.3, 0.4) is 0 Å². The van der Waals surface area contributed by atoms with Gasteiger partial charge in [-0.3, -0.25) is 14.2 Å².